The lowest BCUT2D eigenvalue weighted by Crippen LogP contribution is -2.53. The second kappa shape index (κ2) is 6.45. The summed E-state index contributed by atoms with van der Waals surface area (Å²) in [5.41, 5.74) is 0.267. The average molecular weight is 477 g/mol. The van der Waals surface area contributed by atoms with Crippen LogP contribution in [0.25, 0.3) is 11.1 Å². The fourth-order valence-corrected chi connectivity index (χ4v) is 4.11. The molecule has 3 rings (SSSR count). The van der Waals surface area contributed by atoms with E-state index in [1.54, 1.807) is 30.3 Å². The first-order valence-electron chi connectivity index (χ1n) is 6.64. The molecule has 0 bridgehead atoms. The van der Waals surface area contributed by atoms with Gasteiger partial charge in [-0.3, -0.25) is 9.59 Å². The fourth-order valence-electron chi connectivity index (χ4n) is 2.58. The number of halogens is 7. The largest absolute Gasteiger partial charge is 0.291 e. The van der Waals surface area contributed by atoms with E-state index < -0.39 is 20.2 Å². The van der Waals surface area contributed by atoms with E-state index >= 15 is 0 Å². The van der Waals surface area contributed by atoms with Crippen LogP contribution in [0.1, 0.15) is 20.7 Å². The third-order valence-electron chi connectivity index (χ3n) is 3.81. The smallest absolute Gasteiger partial charge is 0.220 e. The quantitative estimate of drug-likeness (QED) is 0.326. The van der Waals surface area contributed by atoms with Crippen LogP contribution in [0, 0.1) is 0 Å². The normalized spacial score (nSPS) is 18.2. The molecule has 0 amide bonds. The number of benzene rings is 2. The van der Waals surface area contributed by atoms with E-state index in [0.717, 1.165) is 0 Å². The van der Waals surface area contributed by atoms with E-state index in [-0.39, 0.29) is 31.8 Å². The van der Waals surface area contributed by atoms with Crippen LogP contribution in [0.15, 0.2) is 30.3 Å². The number of rotatable bonds is 1. The molecule has 9 heteroatoms. The first-order valence-corrected chi connectivity index (χ1v) is 9.29. The summed E-state index contributed by atoms with van der Waals surface area (Å²) in [6.07, 6.45) is 0. The fraction of sp³-hybridized carbons (Fsp3) is 0.125. The Morgan fingerprint density at radius 3 is 1.56 bits per heavy atom. The van der Waals surface area contributed by atoms with Crippen LogP contribution < -0.4 is 0 Å². The highest BCUT2D eigenvalue weighted by atomic mass is 35.5. The van der Waals surface area contributed by atoms with Crippen molar-refractivity contribution in [3.63, 3.8) is 0 Å². The summed E-state index contributed by atoms with van der Waals surface area (Å²) < 4.78 is -4.86. The van der Waals surface area contributed by atoms with Gasteiger partial charge in [-0.1, -0.05) is 112 Å². The number of carbonyl (C=O) groups is 2. The van der Waals surface area contributed by atoms with Crippen molar-refractivity contribution in [1.29, 1.82) is 0 Å². The molecule has 0 aliphatic heterocycles. The monoisotopic (exact) mass is 474 g/mol. The molecule has 2 nitrogen and oxygen atoms in total. The summed E-state index contributed by atoms with van der Waals surface area (Å²) in [5, 5.41) is -0.365. The van der Waals surface area contributed by atoms with E-state index in [0.29, 0.717) is 5.56 Å². The first-order chi connectivity index (χ1) is 11.5. The molecule has 0 N–H and O–H groups in total. The third-order valence-corrected chi connectivity index (χ3v) is 7.34. The van der Waals surface area contributed by atoms with Gasteiger partial charge in [-0.2, -0.15) is 0 Å². The maximum atomic E-state index is 13.0. The maximum Gasteiger partial charge on any atom is 0.220 e. The third kappa shape index (κ3) is 2.70. The summed E-state index contributed by atoms with van der Waals surface area (Å²) in [4.78, 5) is 25.8. The van der Waals surface area contributed by atoms with Crippen LogP contribution in [0.4, 0.5) is 0 Å². The van der Waals surface area contributed by atoms with Crippen LogP contribution in [0.5, 0.6) is 0 Å². The lowest BCUT2D eigenvalue weighted by Gasteiger charge is -2.36. The molecule has 2 aromatic rings. The van der Waals surface area contributed by atoms with Crippen molar-refractivity contribution in [2.24, 2.45) is 0 Å². The van der Waals surface area contributed by atoms with E-state index in [2.05, 4.69) is 0 Å². The van der Waals surface area contributed by atoms with Gasteiger partial charge < -0.3 is 0 Å². The molecular formula is C16H5Cl7O2. The second-order valence-electron chi connectivity index (χ2n) is 5.24. The van der Waals surface area contributed by atoms with Gasteiger partial charge in [-0.15, -0.1) is 0 Å². The van der Waals surface area contributed by atoms with Crippen LogP contribution in [0.3, 0.4) is 0 Å². The SMILES string of the molecule is O=C1c2c(Cl)c(Cl)c(Cl)c(-c3ccccc3)c2C(=O)C(Cl)(Cl)C1(Cl)Cl. The molecule has 2 aromatic carbocycles. The Morgan fingerprint density at radius 2 is 1.04 bits per heavy atom. The molecular weight excluding hydrogens is 472 g/mol. The molecule has 0 aromatic heterocycles. The van der Waals surface area contributed by atoms with E-state index in [9.17, 15) is 9.59 Å². The Labute approximate surface area is 177 Å². The number of fused-ring (bicyclic) bond motifs is 1. The van der Waals surface area contributed by atoms with Crippen molar-refractivity contribution in [2.75, 3.05) is 0 Å². The molecule has 0 atom stereocenters. The summed E-state index contributed by atoms with van der Waals surface area (Å²) in [6.45, 7) is 0. The van der Waals surface area contributed by atoms with Gasteiger partial charge in [0.05, 0.1) is 20.6 Å². The van der Waals surface area contributed by atoms with Crippen molar-refractivity contribution in [2.45, 2.75) is 8.67 Å². The first kappa shape index (κ1) is 19.6. The van der Waals surface area contributed by atoms with E-state index in [1.807, 2.05) is 0 Å². The van der Waals surface area contributed by atoms with Crippen molar-refractivity contribution >= 4 is 92.8 Å². The van der Waals surface area contributed by atoms with Gasteiger partial charge in [0.2, 0.25) is 20.2 Å². The summed E-state index contributed by atoms with van der Waals surface area (Å²) >= 11 is 42.7. The maximum absolute atomic E-state index is 13.0. The molecule has 130 valence electrons. The molecule has 0 unspecified atom stereocenters. The predicted molar refractivity (Wildman–Crippen MR) is 104 cm³/mol. The van der Waals surface area contributed by atoms with Crippen molar-refractivity contribution < 1.29 is 9.59 Å². The van der Waals surface area contributed by atoms with Gasteiger partial charge in [0.25, 0.3) is 0 Å². The van der Waals surface area contributed by atoms with Crippen molar-refractivity contribution in [3.05, 3.63) is 56.5 Å². The standard InChI is InChI=1S/C16H5Cl7O2/c17-10-7(6-4-2-1-3-5-6)8-9(11(18)12(10)19)14(25)16(22,23)15(20,21)13(8)24/h1-5H. The highest BCUT2D eigenvalue weighted by molar-refractivity contribution is 6.77. The molecule has 0 fully saturated rings. The van der Waals surface area contributed by atoms with Crippen LogP contribution in [0.2, 0.25) is 15.1 Å². The molecule has 0 spiro atoms. The minimum atomic E-state index is -2.44. The van der Waals surface area contributed by atoms with Gasteiger partial charge in [0, 0.05) is 11.1 Å². The van der Waals surface area contributed by atoms with Crippen molar-refractivity contribution in [1.82, 2.24) is 0 Å². The van der Waals surface area contributed by atoms with Gasteiger partial charge in [0.15, 0.2) is 0 Å². The molecule has 0 saturated heterocycles. The van der Waals surface area contributed by atoms with Gasteiger partial charge in [0.1, 0.15) is 0 Å². The Kier molecular flexibility index (Phi) is 5.05. The van der Waals surface area contributed by atoms with Crippen LogP contribution in [-0.2, 0) is 0 Å². The van der Waals surface area contributed by atoms with Crippen LogP contribution in [-0.4, -0.2) is 20.2 Å². The Balaban J connectivity index is 2.52. The average Bonchev–Trinajstić information content (AvgIpc) is 2.57. The zero-order chi connectivity index (χ0) is 18.7. The highest BCUT2D eigenvalue weighted by Crippen LogP contribution is 2.55. The zero-order valence-corrected chi connectivity index (χ0v) is 17.1. The van der Waals surface area contributed by atoms with E-state index in [1.165, 1.54) is 0 Å². The van der Waals surface area contributed by atoms with Gasteiger partial charge in [-0.05, 0) is 5.56 Å². The molecule has 0 radical (unpaired) electrons. The number of carbonyl (C=O) groups excluding carboxylic acids is 2. The topological polar surface area (TPSA) is 34.1 Å². The number of hydrogen-bond acceptors (Lipinski definition) is 2. The minimum Gasteiger partial charge on any atom is -0.291 e. The molecule has 0 heterocycles. The van der Waals surface area contributed by atoms with Gasteiger partial charge >= 0.3 is 0 Å². The second-order valence-corrected chi connectivity index (χ2v) is 9.03. The highest BCUT2D eigenvalue weighted by Gasteiger charge is 2.63. The molecule has 0 saturated carbocycles. The summed E-state index contributed by atoms with van der Waals surface area (Å²) in [7, 11) is 0. The van der Waals surface area contributed by atoms with Crippen LogP contribution >= 0.6 is 81.2 Å². The van der Waals surface area contributed by atoms with Crippen molar-refractivity contribution in [3.8, 4) is 11.1 Å². The Hall–Kier alpha value is -0.190. The number of hydrogen-bond donors (Lipinski definition) is 0. The van der Waals surface area contributed by atoms with E-state index in [4.69, 9.17) is 81.2 Å². The summed E-state index contributed by atoms with van der Waals surface area (Å²) in [6, 6.07) is 8.56. The molecule has 25 heavy (non-hydrogen) atoms. The zero-order valence-electron chi connectivity index (χ0n) is 11.8. The molecule has 1 aliphatic carbocycles. The van der Waals surface area contributed by atoms with Gasteiger partial charge in [-0.25, -0.2) is 0 Å². The minimum absolute atomic E-state index is 0.0152. The number of ketones is 2. The Bertz CT molecular complexity index is 920. The predicted octanol–water partition coefficient (Wildman–Crippen LogP) is 7.04. The lowest BCUT2D eigenvalue weighted by atomic mass is 9.83. The molecule has 1 aliphatic rings. The number of Topliss-reactive ketones (excluding diaryl/α,β-unsaturated/α-hetero) is 2. The number of alkyl halides is 4. The summed E-state index contributed by atoms with van der Waals surface area (Å²) in [5.74, 6) is -1.83. The lowest BCUT2D eigenvalue weighted by molar-refractivity contribution is 0.0869. The Morgan fingerprint density at radius 1 is 0.600 bits per heavy atom.